The Balaban J connectivity index is 1.75. The van der Waals surface area contributed by atoms with Crippen molar-refractivity contribution in [2.45, 2.75) is 51.4 Å². The lowest BCUT2D eigenvalue weighted by atomic mass is 9.92. The summed E-state index contributed by atoms with van der Waals surface area (Å²) in [7, 11) is 0. The number of nitrogens with zero attached hydrogens (tertiary/aromatic N) is 1. The number of ether oxygens (including phenoxy) is 2. The molecular weight excluding hydrogens is 282 g/mol. The van der Waals surface area contributed by atoms with E-state index in [9.17, 15) is 13.6 Å². The van der Waals surface area contributed by atoms with Crippen molar-refractivity contribution in [1.82, 2.24) is 10.3 Å². The van der Waals surface area contributed by atoms with E-state index >= 15 is 0 Å². The van der Waals surface area contributed by atoms with Gasteiger partial charge in [-0.15, -0.1) is 0 Å². The highest BCUT2D eigenvalue weighted by Crippen LogP contribution is 2.29. The van der Waals surface area contributed by atoms with Crippen LogP contribution in [0.15, 0.2) is 12.1 Å². The molecule has 0 unspecified atom stereocenters. The van der Waals surface area contributed by atoms with Gasteiger partial charge in [0.1, 0.15) is 12.2 Å². The van der Waals surface area contributed by atoms with Crippen LogP contribution in [-0.4, -0.2) is 28.8 Å². The highest BCUT2D eigenvalue weighted by molar-refractivity contribution is 5.68. The molecule has 0 spiro atoms. The van der Waals surface area contributed by atoms with Gasteiger partial charge in [0, 0.05) is 18.4 Å². The zero-order valence-electron chi connectivity index (χ0n) is 12.2. The molecule has 0 aliphatic heterocycles. The molecule has 7 heteroatoms. The van der Waals surface area contributed by atoms with Gasteiger partial charge in [-0.2, -0.15) is 13.8 Å². The number of carbonyl (C=O) groups is 1. The van der Waals surface area contributed by atoms with Crippen LogP contribution in [0.25, 0.3) is 0 Å². The van der Waals surface area contributed by atoms with Crippen molar-refractivity contribution in [3.63, 3.8) is 0 Å². The summed E-state index contributed by atoms with van der Waals surface area (Å²) >= 11 is 0. The van der Waals surface area contributed by atoms with Crippen molar-refractivity contribution in [3.05, 3.63) is 24.0 Å². The minimum atomic E-state index is -0.982. The molecule has 0 saturated heterocycles. The first-order valence-corrected chi connectivity index (χ1v) is 6.70. The monoisotopic (exact) mass is 300 g/mol. The van der Waals surface area contributed by atoms with Crippen molar-refractivity contribution in [1.29, 1.82) is 0 Å². The molecule has 0 bridgehead atoms. The Morgan fingerprint density at radius 3 is 2.52 bits per heavy atom. The summed E-state index contributed by atoms with van der Waals surface area (Å²) < 4.78 is 36.5. The summed E-state index contributed by atoms with van der Waals surface area (Å²) in [5.74, 6) is -1.97. The SMILES string of the molecule is CC(C)(C)NC(=O)OC1CC(Oc2ccc(F)nc2F)C1. The van der Waals surface area contributed by atoms with Gasteiger partial charge in [-0.1, -0.05) is 0 Å². The zero-order valence-corrected chi connectivity index (χ0v) is 12.2. The molecule has 0 aromatic carbocycles. The maximum atomic E-state index is 13.3. The third-order valence-corrected chi connectivity index (χ3v) is 2.88. The third kappa shape index (κ3) is 4.54. The van der Waals surface area contributed by atoms with E-state index in [2.05, 4.69) is 10.3 Å². The van der Waals surface area contributed by atoms with Crippen LogP contribution in [0.2, 0.25) is 0 Å². The van der Waals surface area contributed by atoms with Crippen molar-refractivity contribution in [3.8, 4) is 5.75 Å². The van der Waals surface area contributed by atoms with Gasteiger partial charge in [0.05, 0.1) is 0 Å². The van der Waals surface area contributed by atoms with E-state index in [1.807, 2.05) is 20.8 Å². The topological polar surface area (TPSA) is 60.5 Å². The van der Waals surface area contributed by atoms with Gasteiger partial charge in [-0.3, -0.25) is 0 Å². The Bertz CT molecular complexity index is 525. The van der Waals surface area contributed by atoms with Gasteiger partial charge < -0.3 is 14.8 Å². The van der Waals surface area contributed by atoms with Crippen LogP contribution in [0.1, 0.15) is 33.6 Å². The minimum Gasteiger partial charge on any atom is -0.485 e. The second kappa shape index (κ2) is 5.83. The lowest BCUT2D eigenvalue weighted by Crippen LogP contribution is -2.46. The first-order valence-electron chi connectivity index (χ1n) is 6.70. The molecular formula is C14H18F2N2O3. The molecule has 1 saturated carbocycles. The summed E-state index contributed by atoms with van der Waals surface area (Å²) in [6, 6.07) is 2.22. The normalized spacial score (nSPS) is 21.4. The molecule has 0 radical (unpaired) electrons. The van der Waals surface area contributed by atoms with Crippen molar-refractivity contribution >= 4 is 6.09 Å². The number of aromatic nitrogens is 1. The number of carbonyl (C=O) groups excluding carboxylic acids is 1. The lowest BCUT2D eigenvalue weighted by molar-refractivity contribution is -0.0260. The van der Waals surface area contributed by atoms with E-state index in [1.54, 1.807) is 0 Å². The summed E-state index contributed by atoms with van der Waals surface area (Å²) in [4.78, 5) is 14.6. The van der Waals surface area contributed by atoms with E-state index in [0.717, 1.165) is 6.07 Å². The standard InChI is InChI=1S/C14H18F2N2O3/c1-14(2,3)18-13(19)21-9-6-8(7-9)20-10-4-5-11(15)17-12(10)16/h4-5,8-9H,6-7H2,1-3H3,(H,18,19). The molecule has 0 atom stereocenters. The third-order valence-electron chi connectivity index (χ3n) is 2.88. The molecule has 1 aliphatic rings. The Labute approximate surface area is 121 Å². The summed E-state index contributed by atoms with van der Waals surface area (Å²) in [5.41, 5.74) is -0.361. The Hall–Kier alpha value is -1.92. The molecule has 1 aromatic rings. The van der Waals surface area contributed by atoms with Crippen LogP contribution in [0, 0.1) is 11.9 Å². The first kappa shape index (κ1) is 15.5. The fourth-order valence-electron chi connectivity index (χ4n) is 1.86. The van der Waals surface area contributed by atoms with Crippen LogP contribution >= 0.6 is 0 Å². The van der Waals surface area contributed by atoms with Crippen LogP contribution in [0.5, 0.6) is 5.75 Å². The fraction of sp³-hybridized carbons (Fsp3) is 0.571. The first-order chi connectivity index (χ1) is 9.73. The molecule has 1 aromatic heterocycles. The zero-order chi connectivity index (χ0) is 15.6. The maximum Gasteiger partial charge on any atom is 0.407 e. The molecule has 1 heterocycles. The molecule has 1 aliphatic carbocycles. The smallest absolute Gasteiger partial charge is 0.407 e. The van der Waals surface area contributed by atoms with E-state index in [0.29, 0.717) is 12.8 Å². The van der Waals surface area contributed by atoms with Gasteiger partial charge in [0.2, 0.25) is 5.95 Å². The maximum absolute atomic E-state index is 13.3. The fourth-order valence-corrected chi connectivity index (χ4v) is 1.86. The van der Waals surface area contributed by atoms with Crippen LogP contribution < -0.4 is 10.1 Å². The average molecular weight is 300 g/mol. The van der Waals surface area contributed by atoms with Crippen LogP contribution in [0.3, 0.4) is 0 Å². The van der Waals surface area contributed by atoms with Gasteiger partial charge in [-0.25, -0.2) is 4.79 Å². The molecule has 2 rings (SSSR count). The lowest BCUT2D eigenvalue weighted by Gasteiger charge is -2.35. The summed E-state index contributed by atoms with van der Waals surface area (Å²) in [6.07, 6.45) is -0.0726. The number of nitrogens with one attached hydrogen (secondary N) is 1. The van der Waals surface area contributed by atoms with E-state index in [4.69, 9.17) is 9.47 Å². The number of pyridine rings is 1. The number of halogens is 2. The average Bonchev–Trinajstić information content (AvgIpc) is 2.26. The highest BCUT2D eigenvalue weighted by Gasteiger charge is 2.35. The summed E-state index contributed by atoms with van der Waals surface area (Å²) in [6.45, 7) is 5.56. The molecule has 21 heavy (non-hydrogen) atoms. The molecule has 5 nitrogen and oxygen atoms in total. The number of hydrogen-bond donors (Lipinski definition) is 1. The number of alkyl carbamates (subject to hydrolysis) is 1. The molecule has 1 amide bonds. The second-order valence-electron chi connectivity index (χ2n) is 6.04. The Kier molecular flexibility index (Phi) is 4.29. The Morgan fingerprint density at radius 1 is 1.29 bits per heavy atom. The van der Waals surface area contributed by atoms with E-state index in [1.165, 1.54) is 6.07 Å². The molecule has 1 N–H and O–H groups in total. The largest absolute Gasteiger partial charge is 0.485 e. The van der Waals surface area contributed by atoms with Crippen LogP contribution in [0.4, 0.5) is 13.6 Å². The highest BCUT2D eigenvalue weighted by atomic mass is 19.1. The van der Waals surface area contributed by atoms with Gasteiger partial charge in [0.25, 0.3) is 5.95 Å². The van der Waals surface area contributed by atoms with Crippen molar-refractivity contribution < 1.29 is 23.0 Å². The molecule has 116 valence electrons. The van der Waals surface area contributed by atoms with Crippen molar-refractivity contribution in [2.24, 2.45) is 0 Å². The Morgan fingerprint density at radius 2 is 1.95 bits per heavy atom. The predicted molar refractivity (Wildman–Crippen MR) is 71.0 cm³/mol. The van der Waals surface area contributed by atoms with Crippen molar-refractivity contribution in [2.75, 3.05) is 0 Å². The van der Waals surface area contributed by atoms with E-state index < -0.39 is 18.0 Å². The van der Waals surface area contributed by atoms with Crippen LogP contribution in [-0.2, 0) is 4.74 Å². The number of hydrogen-bond acceptors (Lipinski definition) is 4. The second-order valence-corrected chi connectivity index (χ2v) is 6.04. The van der Waals surface area contributed by atoms with E-state index in [-0.39, 0.29) is 23.5 Å². The van der Waals surface area contributed by atoms with Gasteiger partial charge in [-0.05, 0) is 32.9 Å². The number of rotatable bonds is 3. The van der Waals surface area contributed by atoms with Gasteiger partial charge >= 0.3 is 6.09 Å². The van der Waals surface area contributed by atoms with Gasteiger partial charge in [0.15, 0.2) is 5.75 Å². The summed E-state index contributed by atoms with van der Waals surface area (Å²) in [5, 5.41) is 2.68. The molecule has 1 fully saturated rings. The number of amides is 1. The minimum absolute atomic E-state index is 0.0982. The quantitative estimate of drug-likeness (QED) is 0.872. The predicted octanol–water partition coefficient (Wildman–Crippen LogP) is 2.79.